The Bertz CT molecular complexity index is 1150. The Hall–Kier alpha value is -2.70. The zero-order valence-corrected chi connectivity index (χ0v) is 23.1. The minimum Gasteiger partial charge on any atom is -0.508 e. The molecule has 0 aromatic heterocycles. The molecule has 2 amide bonds. The number of phenols is 1. The molecule has 2 atom stereocenters. The Morgan fingerprint density at radius 1 is 1.00 bits per heavy atom. The number of nitrogens with zero attached hydrogens (tertiary/aromatic N) is 2. The summed E-state index contributed by atoms with van der Waals surface area (Å²) in [6.07, 6.45) is 9.05. The number of phenolic OH excluding ortho intramolecular Hbond substituents is 1. The van der Waals surface area contributed by atoms with Crippen molar-refractivity contribution in [2.45, 2.75) is 82.8 Å². The second kappa shape index (κ2) is 11.2. The first kappa shape index (κ1) is 26.9. The first-order valence-corrected chi connectivity index (χ1v) is 14.7. The van der Waals surface area contributed by atoms with Crippen molar-refractivity contribution in [3.8, 4) is 16.9 Å². The van der Waals surface area contributed by atoms with Crippen LogP contribution in [0, 0.1) is 5.92 Å². The van der Waals surface area contributed by atoms with E-state index in [0.29, 0.717) is 12.8 Å². The first-order chi connectivity index (χ1) is 18.4. The molecule has 204 valence electrons. The summed E-state index contributed by atoms with van der Waals surface area (Å²) in [5.41, 5.74) is 2.63. The molecular formula is C32H44N3O3+. The fourth-order valence-corrected chi connectivity index (χ4v) is 7.26. The number of likely N-dealkylation sites (tertiary alicyclic amines) is 1. The van der Waals surface area contributed by atoms with Crippen molar-refractivity contribution >= 4 is 11.8 Å². The third-order valence-electron chi connectivity index (χ3n) is 9.68. The molecule has 6 heteroatoms. The Balaban J connectivity index is 1.32. The molecule has 1 unspecified atom stereocenters. The summed E-state index contributed by atoms with van der Waals surface area (Å²) in [6.45, 7) is 5.31. The number of rotatable bonds is 7. The lowest BCUT2D eigenvalue weighted by Crippen LogP contribution is -2.81. The molecule has 1 aliphatic carbocycles. The zero-order chi connectivity index (χ0) is 26.8. The molecule has 0 bridgehead atoms. The van der Waals surface area contributed by atoms with Crippen LogP contribution < -0.4 is 5.32 Å². The van der Waals surface area contributed by atoms with E-state index < -0.39 is 5.54 Å². The number of quaternary nitrogens is 1. The minimum atomic E-state index is -0.669. The lowest BCUT2D eigenvalue weighted by Gasteiger charge is -2.55. The topological polar surface area (TPSA) is 69.6 Å². The number of likely N-dealkylation sites (N-methyl/N-ethyl adjacent to an activating group) is 1. The maximum absolute atomic E-state index is 14.2. The number of amides is 2. The number of carbonyl (C=O) groups excluding carboxylic acids is 2. The van der Waals surface area contributed by atoms with Crippen LogP contribution >= 0.6 is 0 Å². The highest BCUT2D eigenvalue weighted by atomic mass is 16.3. The molecule has 38 heavy (non-hydrogen) atoms. The van der Waals surface area contributed by atoms with E-state index in [4.69, 9.17) is 0 Å². The number of carbonyl (C=O) groups is 2. The van der Waals surface area contributed by atoms with Crippen molar-refractivity contribution in [1.82, 2.24) is 10.2 Å². The number of piperazine rings is 1. The van der Waals surface area contributed by atoms with Crippen molar-refractivity contribution in [2.75, 3.05) is 26.7 Å². The number of hydrogen-bond acceptors (Lipinski definition) is 4. The summed E-state index contributed by atoms with van der Waals surface area (Å²) in [5.74, 6) is 0.911. The van der Waals surface area contributed by atoms with Crippen molar-refractivity contribution in [3.63, 3.8) is 0 Å². The number of benzene rings is 2. The Morgan fingerprint density at radius 3 is 2.37 bits per heavy atom. The predicted octanol–water partition coefficient (Wildman–Crippen LogP) is 5.25. The molecule has 2 aromatic carbocycles. The predicted molar refractivity (Wildman–Crippen MR) is 150 cm³/mol. The van der Waals surface area contributed by atoms with Crippen LogP contribution in [0.1, 0.15) is 70.3 Å². The normalized spacial score (nSPS) is 26.4. The highest BCUT2D eigenvalue weighted by molar-refractivity contribution is 5.95. The van der Waals surface area contributed by atoms with Crippen molar-refractivity contribution in [1.29, 1.82) is 0 Å². The monoisotopic (exact) mass is 518 g/mol. The number of aromatic hydroxyl groups is 1. The summed E-state index contributed by atoms with van der Waals surface area (Å²) in [6, 6.07) is 15.5. The van der Waals surface area contributed by atoms with E-state index >= 15 is 0 Å². The fraction of sp³-hybridized carbons (Fsp3) is 0.562. The van der Waals surface area contributed by atoms with Crippen LogP contribution in [0.5, 0.6) is 5.75 Å². The minimum absolute atomic E-state index is 0.108. The summed E-state index contributed by atoms with van der Waals surface area (Å²) < 4.78 is 0.272. The van der Waals surface area contributed by atoms with Crippen LogP contribution in [-0.4, -0.2) is 64.6 Å². The molecule has 0 radical (unpaired) electrons. The number of piperidine rings is 1. The van der Waals surface area contributed by atoms with Gasteiger partial charge in [-0.3, -0.25) is 9.69 Å². The highest BCUT2D eigenvalue weighted by Crippen LogP contribution is 2.41. The van der Waals surface area contributed by atoms with Crippen LogP contribution in [0.2, 0.25) is 0 Å². The summed E-state index contributed by atoms with van der Waals surface area (Å²) in [7, 11) is 2.07. The Morgan fingerprint density at radius 2 is 1.68 bits per heavy atom. The van der Waals surface area contributed by atoms with E-state index in [2.05, 4.69) is 48.5 Å². The van der Waals surface area contributed by atoms with Gasteiger partial charge in [0.05, 0.1) is 13.6 Å². The van der Waals surface area contributed by atoms with Crippen LogP contribution in [0.4, 0.5) is 0 Å². The fourth-order valence-electron chi connectivity index (χ4n) is 7.26. The number of nitrogens with one attached hydrogen (secondary N) is 1. The standard InChI is InChI=1S/C32H43N3O3/c1-3-4-20-35(2)30(37)29(25-11-6-5-7-12-25)33-31(38)32(35)16-18-34(19-17-32)23-24-10-8-13-26(21-24)27-14-9-15-28(36)22-27/h8-10,13-15,21-22,25,29H,3-7,11-12,16-20,23H2,1-2H3,(H-,33,36,38)/p+1/t29-,35?/m0/s1. The molecule has 2 heterocycles. The SMILES string of the molecule is CCCC[N+]1(C)C(=O)[C@H](C2CCCCC2)NC(=O)C12CCN(Cc1cccc(-c3cccc(O)c3)c1)CC2. The second-order valence-electron chi connectivity index (χ2n) is 12.0. The van der Waals surface area contributed by atoms with Gasteiger partial charge in [0.15, 0.2) is 5.54 Å². The van der Waals surface area contributed by atoms with Gasteiger partial charge in [-0.1, -0.05) is 62.9 Å². The molecule has 1 spiro atoms. The van der Waals surface area contributed by atoms with Gasteiger partial charge in [0.1, 0.15) is 11.8 Å². The molecule has 3 fully saturated rings. The van der Waals surface area contributed by atoms with Crippen LogP contribution in [0.15, 0.2) is 48.5 Å². The largest absolute Gasteiger partial charge is 0.508 e. The molecular weight excluding hydrogens is 474 g/mol. The van der Waals surface area contributed by atoms with E-state index in [1.165, 1.54) is 12.0 Å². The van der Waals surface area contributed by atoms with Gasteiger partial charge < -0.3 is 10.4 Å². The molecule has 2 N–H and O–H groups in total. The Kier molecular flexibility index (Phi) is 7.92. The zero-order valence-electron chi connectivity index (χ0n) is 23.1. The Labute approximate surface area is 227 Å². The number of unbranched alkanes of at least 4 members (excludes halogenated alkanes) is 1. The van der Waals surface area contributed by atoms with E-state index in [-0.39, 0.29) is 34.0 Å². The summed E-state index contributed by atoms with van der Waals surface area (Å²) in [5, 5.41) is 13.2. The number of hydrogen-bond donors (Lipinski definition) is 2. The van der Waals surface area contributed by atoms with Gasteiger partial charge in [-0.15, -0.1) is 0 Å². The summed E-state index contributed by atoms with van der Waals surface area (Å²) in [4.78, 5) is 30.5. The molecule has 2 aromatic rings. The lowest BCUT2D eigenvalue weighted by molar-refractivity contribution is -0.883. The van der Waals surface area contributed by atoms with Crippen molar-refractivity contribution < 1.29 is 19.2 Å². The molecule has 3 aliphatic rings. The van der Waals surface area contributed by atoms with E-state index in [9.17, 15) is 14.7 Å². The van der Waals surface area contributed by atoms with Crippen molar-refractivity contribution in [2.24, 2.45) is 5.92 Å². The van der Waals surface area contributed by atoms with Gasteiger partial charge in [0, 0.05) is 32.5 Å². The second-order valence-corrected chi connectivity index (χ2v) is 12.0. The van der Waals surface area contributed by atoms with E-state index in [1.54, 1.807) is 12.1 Å². The van der Waals surface area contributed by atoms with Crippen molar-refractivity contribution in [3.05, 3.63) is 54.1 Å². The van der Waals surface area contributed by atoms with Crippen LogP contribution in [0.3, 0.4) is 0 Å². The smallest absolute Gasteiger partial charge is 0.337 e. The highest BCUT2D eigenvalue weighted by Gasteiger charge is 2.64. The molecule has 1 saturated carbocycles. The van der Waals surface area contributed by atoms with Gasteiger partial charge in [-0.25, -0.2) is 9.28 Å². The lowest BCUT2D eigenvalue weighted by atomic mass is 9.75. The maximum atomic E-state index is 14.2. The third-order valence-corrected chi connectivity index (χ3v) is 9.68. The summed E-state index contributed by atoms with van der Waals surface area (Å²) >= 11 is 0. The van der Waals surface area contributed by atoms with Crippen LogP contribution in [-0.2, 0) is 16.1 Å². The molecule has 5 rings (SSSR count). The molecule has 6 nitrogen and oxygen atoms in total. The van der Waals surface area contributed by atoms with E-state index in [1.807, 2.05) is 12.1 Å². The van der Waals surface area contributed by atoms with E-state index in [0.717, 1.165) is 75.8 Å². The van der Waals surface area contributed by atoms with Gasteiger partial charge >= 0.3 is 5.91 Å². The van der Waals surface area contributed by atoms with Crippen LogP contribution in [0.25, 0.3) is 11.1 Å². The van der Waals surface area contributed by atoms with Gasteiger partial charge in [0.2, 0.25) is 0 Å². The van der Waals surface area contributed by atoms with Gasteiger partial charge in [-0.05, 0) is 60.1 Å². The average Bonchev–Trinajstić information content (AvgIpc) is 2.94. The van der Waals surface area contributed by atoms with Gasteiger partial charge in [-0.2, -0.15) is 0 Å². The first-order valence-electron chi connectivity index (χ1n) is 14.7. The quantitative estimate of drug-likeness (QED) is 0.492. The van der Waals surface area contributed by atoms with Gasteiger partial charge in [0.25, 0.3) is 5.91 Å². The average molecular weight is 519 g/mol. The molecule has 2 aliphatic heterocycles. The molecule has 2 saturated heterocycles. The maximum Gasteiger partial charge on any atom is 0.337 e. The third kappa shape index (κ3) is 5.01.